The summed E-state index contributed by atoms with van der Waals surface area (Å²) < 4.78 is 10.4. The molecule has 1 atom stereocenters. The van der Waals surface area contributed by atoms with Crippen molar-refractivity contribution < 1.29 is 14.3 Å². The fraction of sp³-hybridized carbons (Fsp3) is 0.917. The number of nitrogens with one attached hydrogen (secondary N) is 1. The monoisotopic (exact) mass is 278 g/mol. The van der Waals surface area contributed by atoms with Crippen LogP contribution >= 0.6 is 11.8 Å². The third-order valence-corrected chi connectivity index (χ3v) is 3.26. The molecule has 1 N–H and O–H groups in total. The lowest BCUT2D eigenvalue weighted by atomic mass is 10.2. The van der Waals surface area contributed by atoms with E-state index in [0.717, 1.165) is 45.7 Å². The number of ether oxygens (including phenoxy) is 2. The summed E-state index contributed by atoms with van der Waals surface area (Å²) in [5, 5.41) is 0. The maximum Gasteiger partial charge on any atom is 0.324 e. The molecule has 1 rings (SSSR count). The number of carbonyl (C=O) groups is 1. The van der Waals surface area contributed by atoms with Gasteiger partial charge in [-0.15, -0.1) is 0 Å². The molecule has 0 bridgehead atoms. The number of unbranched alkanes of at least 4 members (excludes halogenated alkanes) is 1. The molecular weight excluding hydrogens is 256 g/mol. The lowest BCUT2D eigenvalue weighted by molar-refractivity contribution is -0.146. The van der Waals surface area contributed by atoms with Gasteiger partial charge in [-0.05, 0) is 24.6 Å². The molecule has 0 aromatic heterocycles. The summed E-state index contributed by atoms with van der Waals surface area (Å²) in [6.07, 6.45) is 2.57. The number of esters is 1. The first-order valence-corrected chi connectivity index (χ1v) is 6.98. The number of carbonyl (C=O) groups excluding carboxylic acids is 1. The van der Waals surface area contributed by atoms with Crippen molar-refractivity contribution in [1.82, 2.24) is 9.74 Å². The molecule has 18 heavy (non-hydrogen) atoms. The van der Waals surface area contributed by atoms with Crippen molar-refractivity contribution in [2.75, 3.05) is 39.5 Å². The molecule has 0 radical (unpaired) electrons. The summed E-state index contributed by atoms with van der Waals surface area (Å²) in [5.41, 5.74) is 0. The van der Waals surface area contributed by atoms with Crippen LogP contribution < -0.4 is 4.84 Å². The Labute approximate surface area is 114 Å². The first kappa shape index (κ1) is 15.7. The maximum atomic E-state index is 11.7. The van der Waals surface area contributed by atoms with Gasteiger partial charge in [0.1, 0.15) is 6.04 Å². The average Bonchev–Trinajstić information content (AvgIpc) is 2.41. The molecule has 0 aromatic rings. The Kier molecular flexibility index (Phi) is 8.33. The largest absolute Gasteiger partial charge is 0.464 e. The number of hydrogen-bond acceptors (Lipinski definition) is 5. The number of halogens is 1. The molecule has 0 aromatic carbocycles. The van der Waals surface area contributed by atoms with Crippen molar-refractivity contribution in [3.63, 3.8) is 0 Å². The lowest BCUT2D eigenvalue weighted by Crippen LogP contribution is -2.41. The highest BCUT2D eigenvalue weighted by Gasteiger charge is 2.20. The van der Waals surface area contributed by atoms with Gasteiger partial charge in [-0.25, -0.2) is 4.84 Å². The molecule has 0 amide bonds. The second kappa shape index (κ2) is 9.55. The Morgan fingerprint density at radius 3 is 2.83 bits per heavy atom. The highest BCUT2D eigenvalue weighted by atomic mass is 35.5. The van der Waals surface area contributed by atoms with Crippen molar-refractivity contribution in [1.29, 1.82) is 0 Å². The van der Waals surface area contributed by atoms with E-state index >= 15 is 0 Å². The van der Waals surface area contributed by atoms with Crippen LogP contribution in [0.2, 0.25) is 0 Å². The Bertz CT molecular complexity index is 235. The molecule has 1 aliphatic heterocycles. The zero-order valence-corrected chi connectivity index (χ0v) is 11.7. The van der Waals surface area contributed by atoms with E-state index in [9.17, 15) is 4.79 Å². The molecular formula is C12H23ClN2O3. The van der Waals surface area contributed by atoms with Gasteiger partial charge in [0.15, 0.2) is 0 Å². The predicted octanol–water partition coefficient (Wildman–Crippen LogP) is 1.16. The molecule has 0 aliphatic carbocycles. The zero-order chi connectivity index (χ0) is 13.2. The molecule has 1 saturated heterocycles. The summed E-state index contributed by atoms with van der Waals surface area (Å²) in [4.78, 5) is 16.5. The van der Waals surface area contributed by atoms with Crippen LogP contribution in [-0.2, 0) is 14.3 Å². The highest BCUT2D eigenvalue weighted by Crippen LogP contribution is 2.04. The first-order valence-electron chi connectivity index (χ1n) is 6.60. The summed E-state index contributed by atoms with van der Waals surface area (Å²) >= 11 is 5.60. The molecule has 0 spiro atoms. The van der Waals surface area contributed by atoms with Crippen LogP contribution in [0.3, 0.4) is 0 Å². The Hall–Kier alpha value is -0.360. The van der Waals surface area contributed by atoms with Gasteiger partial charge in [-0.2, -0.15) is 0 Å². The van der Waals surface area contributed by atoms with Gasteiger partial charge in [-0.1, -0.05) is 13.3 Å². The number of morpholine rings is 1. The van der Waals surface area contributed by atoms with E-state index in [-0.39, 0.29) is 5.97 Å². The summed E-state index contributed by atoms with van der Waals surface area (Å²) in [7, 11) is 0. The van der Waals surface area contributed by atoms with Crippen molar-refractivity contribution >= 4 is 17.7 Å². The van der Waals surface area contributed by atoms with E-state index in [1.54, 1.807) is 0 Å². The third-order valence-electron chi connectivity index (χ3n) is 3.00. The predicted molar refractivity (Wildman–Crippen MR) is 70.5 cm³/mol. The topological polar surface area (TPSA) is 50.8 Å². The van der Waals surface area contributed by atoms with Crippen LogP contribution in [0, 0.1) is 0 Å². The van der Waals surface area contributed by atoms with Gasteiger partial charge in [0.05, 0.1) is 19.8 Å². The van der Waals surface area contributed by atoms with Gasteiger partial charge in [0, 0.05) is 19.6 Å². The summed E-state index contributed by atoms with van der Waals surface area (Å²) in [6.45, 7) is 6.72. The molecule has 106 valence electrons. The molecule has 1 aliphatic rings. The van der Waals surface area contributed by atoms with Crippen molar-refractivity contribution in [2.45, 2.75) is 32.2 Å². The van der Waals surface area contributed by atoms with Crippen LogP contribution in [0.1, 0.15) is 26.2 Å². The molecule has 1 heterocycles. The number of hydrogen-bond donors (Lipinski definition) is 1. The SMILES string of the molecule is CCCCOC(=O)[C@H](CCN1CCOCC1)NCl. The molecule has 0 unspecified atom stereocenters. The van der Waals surface area contributed by atoms with Gasteiger partial charge < -0.3 is 9.47 Å². The average molecular weight is 279 g/mol. The van der Waals surface area contributed by atoms with E-state index in [1.165, 1.54) is 0 Å². The second-order valence-electron chi connectivity index (χ2n) is 4.43. The minimum atomic E-state index is -0.425. The summed E-state index contributed by atoms with van der Waals surface area (Å²) in [6, 6.07) is -0.425. The van der Waals surface area contributed by atoms with Crippen LogP contribution in [0.5, 0.6) is 0 Å². The van der Waals surface area contributed by atoms with Crippen LogP contribution in [-0.4, -0.2) is 56.4 Å². The van der Waals surface area contributed by atoms with Crippen molar-refractivity contribution in [3.05, 3.63) is 0 Å². The van der Waals surface area contributed by atoms with Gasteiger partial charge in [0.2, 0.25) is 0 Å². The lowest BCUT2D eigenvalue weighted by Gasteiger charge is -2.27. The van der Waals surface area contributed by atoms with E-state index < -0.39 is 6.04 Å². The quantitative estimate of drug-likeness (QED) is 0.410. The highest BCUT2D eigenvalue weighted by molar-refractivity contribution is 6.14. The normalized spacial score (nSPS) is 18.6. The van der Waals surface area contributed by atoms with E-state index in [4.69, 9.17) is 21.3 Å². The molecule has 5 nitrogen and oxygen atoms in total. The van der Waals surface area contributed by atoms with Gasteiger partial charge >= 0.3 is 5.97 Å². The van der Waals surface area contributed by atoms with Gasteiger partial charge in [-0.3, -0.25) is 9.69 Å². The van der Waals surface area contributed by atoms with Crippen LogP contribution in [0.15, 0.2) is 0 Å². The van der Waals surface area contributed by atoms with E-state index in [1.807, 2.05) is 0 Å². The fourth-order valence-electron chi connectivity index (χ4n) is 1.77. The minimum absolute atomic E-state index is 0.258. The Morgan fingerprint density at radius 2 is 2.22 bits per heavy atom. The minimum Gasteiger partial charge on any atom is -0.464 e. The Balaban J connectivity index is 2.20. The van der Waals surface area contributed by atoms with E-state index in [2.05, 4.69) is 16.7 Å². The Morgan fingerprint density at radius 1 is 1.50 bits per heavy atom. The standard InChI is InChI=1S/C12H23ClN2O3/c1-2-3-8-18-12(16)11(14-13)4-5-15-6-9-17-10-7-15/h11,14H,2-10H2,1H3/t11-/m0/s1. The van der Waals surface area contributed by atoms with Crippen molar-refractivity contribution in [3.8, 4) is 0 Å². The smallest absolute Gasteiger partial charge is 0.324 e. The van der Waals surface area contributed by atoms with Crippen molar-refractivity contribution in [2.24, 2.45) is 0 Å². The maximum absolute atomic E-state index is 11.7. The fourth-order valence-corrected chi connectivity index (χ4v) is 1.97. The number of rotatable bonds is 8. The third kappa shape index (κ3) is 6.00. The zero-order valence-electron chi connectivity index (χ0n) is 11.0. The van der Waals surface area contributed by atoms with Crippen LogP contribution in [0.4, 0.5) is 0 Å². The first-order chi connectivity index (χ1) is 8.77. The molecule has 0 saturated carbocycles. The van der Waals surface area contributed by atoms with Crippen LogP contribution in [0.25, 0.3) is 0 Å². The molecule has 6 heteroatoms. The molecule has 1 fully saturated rings. The summed E-state index contributed by atoms with van der Waals surface area (Å²) in [5.74, 6) is -0.258. The second-order valence-corrected chi connectivity index (χ2v) is 4.64. The van der Waals surface area contributed by atoms with E-state index in [0.29, 0.717) is 13.0 Å². The van der Waals surface area contributed by atoms with Gasteiger partial charge in [0.25, 0.3) is 0 Å². The number of nitrogens with zero attached hydrogens (tertiary/aromatic N) is 1.